The first-order chi connectivity index (χ1) is 12.4. The normalized spacial score (nSPS) is 11.3. The van der Waals surface area contributed by atoms with Crippen molar-refractivity contribution in [2.45, 2.75) is 4.90 Å². The minimum atomic E-state index is -4.10. The number of carbonyl (C=O) groups excluding carboxylic acids is 1. The van der Waals surface area contributed by atoms with E-state index in [0.29, 0.717) is 16.7 Å². The molecule has 0 unspecified atom stereocenters. The van der Waals surface area contributed by atoms with Crippen LogP contribution in [0.5, 0.6) is 5.75 Å². The van der Waals surface area contributed by atoms with Crippen molar-refractivity contribution in [1.29, 1.82) is 0 Å². The minimum absolute atomic E-state index is 0.0285. The van der Waals surface area contributed by atoms with Crippen molar-refractivity contribution in [3.8, 4) is 5.75 Å². The van der Waals surface area contributed by atoms with Crippen molar-refractivity contribution in [3.63, 3.8) is 0 Å². The maximum atomic E-state index is 12.8. The zero-order chi connectivity index (χ0) is 18.7. The molecule has 0 aromatic heterocycles. The molecule has 0 atom stereocenters. The Labute approximate surface area is 151 Å². The summed E-state index contributed by atoms with van der Waals surface area (Å²) < 4.78 is 34.9. The quantitative estimate of drug-likeness (QED) is 0.644. The lowest BCUT2D eigenvalue weighted by molar-refractivity contribution is -0.00862. The molecule has 3 aromatic carbocycles. The lowest BCUT2D eigenvalue weighted by Gasteiger charge is -2.18. The number of benzene rings is 3. The van der Waals surface area contributed by atoms with E-state index in [1.54, 1.807) is 49.6 Å². The Kier molecular flexibility index (Phi) is 4.92. The van der Waals surface area contributed by atoms with E-state index in [2.05, 4.69) is 0 Å². The predicted molar refractivity (Wildman–Crippen MR) is 97.3 cm³/mol. The number of fused-ring (bicyclic) bond motifs is 1. The van der Waals surface area contributed by atoms with Gasteiger partial charge in [-0.05, 0) is 29.7 Å². The molecule has 3 aromatic rings. The fourth-order valence-corrected chi connectivity index (χ4v) is 3.56. The van der Waals surface area contributed by atoms with Gasteiger partial charge in [-0.25, -0.2) is 5.06 Å². The SMILES string of the molecule is COc1ccc(C(=O)N(C)OS(=O)(=O)c2ccccc2)c2ccccc12. The van der Waals surface area contributed by atoms with Crippen LogP contribution < -0.4 is 4.74 Å². The van der Waals surface area contributed by atoms with E-state index >= 15 is 0 Å². The second-order valence-corrected chi connectivity index (χ2v) is 7.03. The number of carbonyl (C=O) groups is 1. The van der Waals surface area contributed by atoms with Gasteiger partial charge in [0.15, 0.2) is 0 Å². The summed E-state index contributed by atoms with van der Waals surface area (Å²) in [6.07, 6.45) is 0. The molecule has 0 aliphatic rings. The van der Waals surface area contributed by atoms with Crippen molar-refractivity contribution >= 4 is 26.8 Å². The Morgan fingerprint density at radius 1 is 0.885 bits per heavy atom. The molecule has 0 heterocycles. The smallest absolute Gasteiger partial charge is 0.317 e. The third kappa shape index (κ3) is 3.40. The van der Waals surface area contributed by atoms with Crippen LogP contribution in [0.3, 0.4) is 0 Å². The minimum Gasteiger partial charge on any atom is -0.496 e. The average molecular weight is 371 g/mol. The zero-order valence-electron chi connectivity index (χ0n) is 14.2. The van der Waals surface area contributed by atoms with Crippen LogP contribution in [0.25, 0.3) is 10.8 Å². The highest BCUT2D eigenvalue weighted by Gasteiger charge is 2.24. The molecular weight excluding hydrogens is 354 g/mol. The summed E-state index contributed by atoms with van der Waals surface area (Å²) in [5, 5.41) is 2.11. The molecular formula is C19H17NO5S. The van der Waals surface area contributed by atoms with Crippen LogP contribution in [-0.4, -0.2) is 33.5 Å². The largest absolute Gasteiger partial charge is 0.496 e. The number of rotatable bonds is 5. The molecule has 0 bridgehead atoms. The van der Waals surface area contributed by atoms with E-state index in [9.17, 15) is 13.2 Å². The number of ether oxygens (including phenoxy) is 1. The molecule has 3 rings (SSSR count). The fourth-order valence-electron chi connectivity index (χ4n) is 2.62. The van der Waals surface area contributed by atoms with Gasteiger partial charge in [0.25, 0.3) is 5.91 Å². The van der Waals surface area contributed by atoms with E-state index in [1.165, 1.54) is 19.2 Å². The molecule has 1 amide bonds. The molecule has 0 radical (unpaired) electrons. The maximum absolute atomic E-state index is 12.8. The van der Waals surface area contributed by atoms with E-state index in [4.69, 9.17) is 9.02 Å². The first-order valence-corrected chi connectivity index (χ1v) is 9.18. The summed E-state index contributed by atoms with van der Waals surface area (Å²) in [5.41, 5.74) is 0.312. The van der Waals surface area contributed by atoms with Crippen molar-refractivity contribution in [2.75, 3.05) is 14.2 Å². The molecule has 0 saturated heterocycles. The lowest BCUT2D eigenvalue weighted by atomic mass is 10.0. The van der Waals surface area contributed by atoms with Gasteiger partial charge in [0.05, 0.1) is 12.0 Å². The summed E-state index contributed by atoms with van der Waals surface area (Å²) in [5.74, 6) is 0.0426. The van der Waals surface area contributed by atoms with Crippen LogP contribution >= 0.6 is 0 Å². The highest BCUT2D eigenvalue weighted by Crippen LogP contribution is 2.29. The first kappa shape index (κ1) is 17.9. The fraction of sp³-hybridized carbons (Fsp3) is 0.105. The summed E-state index contributed by atoms with van der Waals surface area (Å²) in [4.78, 5) is 12.7. The van der Waals surface area contributed by atoms with Gasteiger partial charge in [-0.1, -0.05) is 42.5 Å². The Morgan fingerprint density at radius 3 is 2.15 bits per heavy atom. The summed E-state index contributed by atoms with van der Waals surface area (Å²) >= 11 is 0. The molecule has 0 fully saturated rings. The highest BCUT2D eigenvalue weighted by molar-refractivity contribution is 7.86. The van der Waals surface area contributed by atoms with E-state index in [0.717, 1.165) is 10.4 Å². The van der Waals surface area contributed by atoms with Gasteiger partial charge < -0.3 is 4.74 Å². The molecule has 134 valence electrons. The summed E-state index contributed by atoms with van der Waals surface area (Å²) in [7, 11) is -1.29. The van der Waals surface area contributed by atoms with Crippen molar-refractivity contribution < 1.29 is 22.2 Å². The predicted octanol–water partition coefficient (Wildman–Crippen LogP) is 3.24. The Morgan fingerprint density at radius 2 is 1.50 bits per heavy atom. The number of methoxy groups -OCH3 is 1. The van der Waals surface area contributed by atoms with Crippen LogP contribution in [-0.2, 0) is 14.4 Å². The molecule has 26 heavy (non-hydrogen) atoms. The maximum Gasteiger partial charge on any atom is 0.317 e. The first-order valence-electron chi connectivity index (χ1n) is 7.77. The Hall–Kier alpha value is -2.90. The summed E-state index contributed by atoms with van der Waals surface area (Å²) in [6.45, 7) is 0. The van der Waals surface area contributed by atoms with Gasteiger partial charge in [0.2, 0.25) is 0 Å². The van der Waals surface area contributed by atoms with E-state index in [1.807, 2.05) is 12.1 Å². The number of hydrogen-bond acceptors (Lipinski definition) is 5. The van der Waals surface area contributed by atoms with Crippen LogP contribution in [0, 0.1) is 0 Å². The third-order valence-corrected chi connectivity index (χ3v) is 5.13. The average Bonchev–Trinajstić information content (AvgIpc) is 2.67. The van der Waals surface area contributed by atoms with Crippen LogP contribution in [0.4, 0.5) is 0 Å². The van der Waals surface area contributed by atoms with Crippen LogP contribution in [0.2, 0.25) is 0 Å². The van der Waals surface area contributed by atoms with Crippen molar-refractivity contribution in [1.82, 2.24) is 5.06 Å². The molecule has 0 aliphatic heterocycles. The highest BCUT2D eigenvalue weighted by atomic mass is 32.2. The van der Waals surface area contributed by atoms with Crippen molar-refractivity contribution in [3.05, 3.63) is 72.3 Å². The van der Waals surface area contributed by atoms with Gasteiger partial charge in [-0.3, -0.25) is 4.79 Å². The molecule has 0 aliphatic carbocycles. The second kappa shape index (κ2) is 7.15. The van der Waals surface area contributed by atoms with Gasteiger partial charge in [-0.15, -0.1) is 4.28 Å². The number of amides is 1. The van der Waals surface area contributed by atoms with Gasteiger partial charge in [-0.2, -0.15) is 8.42 Å². The molecule has 0 saturated carbocycles. The van der Waals surface area contributed by atoms with Gasteiger partial charge >= 0.3 is 10.1 Å². The monoisotopic (exact) mass is 371 g/mol. The Balaban J connectivity index is 1.94. The lowest BCUT2D eigenvalue weighted by Crippen LogP contribution is -2.30. The molecule has 7 heteroatoms. The van der Waals surface area contributed by atoms with E-state index in [-0.39, 0.29) is 4.90 Å². The van der Waals surface area contributed by atoms with Gasteiger partial charge in [0.1, 0.15) is 5.75 Å². The number of hydroxylamine groups is 2. The standard InChI is InChI=1S/C19H17NO5S/c1-20(25-26(22,23)14-8-4-3-5-9-14)19(21)17-12-13-18(24-2)16-11-7-6-10-15(16)17/h3-13H,1-2H3. The molecule has 6 nitrogen and oxygen atoms in total. The number of nitrogens with zero attached hydrogens (tertiary/aromatic N) is 1. The second-order valence-electron chi connectivity index (χ2n) is 5.51. The van der Waals surface area contributed by atoms with Gasteiger partial charge in [0, 0.05) is 18.0 Å². The van der Waals surface area contributed by atoms with Crippen molar-refractivity contribution in [2.24, 2.45) is 0 Å². The third-order valence-electron chi connectivity index (χ3n) is 3.86. The van der Waals surface area contributed by atoms with Crippen LogP contribution in [0.1, 0.15) is 10.4 Å². The van der Waals surface area contributed by atoms with E-state index < -0.39 is 16.0 Å². The van der Waals surface area contributed by atoms with Crippen LogP contribution in [0.15, 0.2) is 71.6 Å². The summed E-state index contributed by atoms with van der Waals surface area (Å²) in [6, 6.07) is 18.1. The molecule has 0 N–H and O–H groups in total. The molecule has 0 spiro atoms. The number of hydrogen-bond donors (Lipinski definition) is 0. The topological polar surface area (TPSA) is 72.9 Å². The Bertz CT molecular complexity index is 1050. The zero-order valence-corrected chi connectivity index (χ0v) is 15.1.